The van der Waals surface area contributed by atoms with Crippen LogP contribution in [0.2, 0.25) is 0 Å². The fourth-order valence-electron chi connectivity index (χ4n) is 4.91. The van der Waals surface area contributed by atoms with Crippen LogP contribution in [0.5, 0.6) is 11.5 Å². The van der Waals surface area contributed by atoms with Crippen molar-refractivity contribution in [2.45, 2.75) is 39.8 Å². The van der Waals surface area contributed by atoms with Crippen LogP contribution in [-0.4, -0.2) is 53.3 Å². The van der Waals surface area contributed by atoms with Crippen molar-refractivity contribution in [3.05, 3.63) is 84.1 Å². The third-order valence-corrected chi connectivity index (χ3v) is 6.65. The Labute approximate surface area is 224 Å². The summed E-state index contributed by atoms with van der Waals surface area (Å²) in [4.78, 5) is 43.5. The number of rotatable bonds is 10. The number of carbonyl (C=O) groups is 3. The minimum atomic E-state index is -0.679. The molecule has 2 aliphatic heterocycles. The van der Waals surface area contributed by atoms with E-state index >= 15 is 0 Å². The zero-order chi connectivity index (χ0) is 27.4. The zero-order valence-electron chi connectivity index (χ0n) is 22.4. The van der Waals surface area contributed by atoms with Gasteiger partial charge < -0.3 is 20.3 Å². The molecule has 8 nitrogen and oxygen atoms in total. The van der Waals surface area contributed by atoms with Crippen molar-refractivity contribution in [2.24, 2.45) is 11.8 Å². The second kappa shape index (κ2) is 11.5. The largest absolute Gasteiger partial charge is 0.457 e. The van der Waals surface area contributed by atoms with Crippen molar-refractivity contribution in [1.82, 2.24) is 20.4 Å². The summed E-state index contributed by atoms with van der Waals surface area (Å²) in [5.41, 5.74) is 1.78. The van der Waals surface area contributed by atoms with Gasteiger partial charge in [-0.15, -0.1) is 6.58 Å². The van der Waals surface area contributed by atoms with Crippen molar-refractivity contribution < 1.29 is 19.1 Å². The molecule has 0 unspecified atom stereocenters. The fourth-order valence-corrected chi connectivity index (χ4v) is 4.91. The number of hydrogen-bond acceptors (Lipinski definition) is 4. The predicted molar refractivity (Wildman–Crippen MR) is 146 cm³/mol. The monoisotopic (exact) mass is 516 g/mol. The Morgan fingerprint density at radius 1 is 1.11 bits per heavy atom. The van der Waals surface area contributed by atoms with Crippen molar-refractivity contribution in [2.75, 3.05) is 19.6 Å². The molecule has 4 rings (SSSR count). The molecule has 2 aliphatic rings. The predicted octanol–water partition coefficient (Wildman–Crippen LogP) is 4.62. The number of ether oxygens (including phenoxy) is 1. The Bertz CT molecular complexity index is 1240. The first-order valence-electron chi connectivity index (χ1n) is 13.0. The van der Waals surface area contributed by atoms with Crippen LogP contribution in [0, 0.1) is 11.8 Å². The van der Waals surface area contributed by atoms with Crippen molar-refractivity contribution in [3.8, 4) is 11.5 Å². The quantitative estimate of drug-likeness (QED) is 0.451. The van der Waals surface area contributed by atoms with Gasteiger partial charge in [0, 0.05) is 13.1 Å². The van der Waals surface area contributed by atoms with E-state index in [0.29, 0.717) is 29.3 Å². The van der Waals surface area contributed by atoms with E-state index < -0.39 is 12.1 Å². The molecule has 0 aromatic heterocycles. The number of urea groups is 1. The van der Waals surface area contributed by atoms with Crippen LogP contribution in [0.25, 0.3) is 0 Å². The standard InChI is InChI=1S/C30H36N4O4/c1-6-15-33-24-18-34(27(20(4)5)28(35)31-17-19(2)3)29(36)25(24)26(32-30(33)37)21-11-10-14-23(16-21)38-22-12-8-7-9-13-22/h6-14,16,19-20,26-27H,1,15,17-18H2,2-5H3,(H,31,35)(H,32,37)/t26-,27-/m1/s1. The van der Waals surface area contributed by atoms with Crippen LogP contribution in [0.1, 0.15) is 39.3 Å². The highest BCUT2D eigenvalue weighted by Gasteiger charge is 2.47. The van der Waals surface area contributed by atoms with Gasteiger partial charge >= 0.3 is 6.03 Å². The van der Waals surface area contributed by atoms with Crippen molar-refractivity contribution in [1.29, 1.82) is 0 Å². The maximum Gasteiger partial charge on any atom is 0.322 e. The van der Waals surface area contributed by atoms with Gasteiger partial charge in [0.1, 0.15) is 17.5 Å². The zero-order valence-corrected chi connectivity index (χ0v) is 22.4. The van der Waals surface area contributed by atoms with Gasteiger partial charge in [0.2, 0.25) is 5.91 Å². The maximum absolute atomic E-state index is 14.0. The van der Waals surface area contributed by atoms with Crippen LogP contribution in [0.3, 0.4) is 0 Å². The number of nitrogens with zero attached hydrogens (tertiary/aromatic N) is 2. The molecule has 38 heavy (non-hydrogen) atoms. The molecule has 2 atom stereocenters. The van der Waals surface area contributed by atoms with Gasteiger partial charge in [0.15, 0.2) is 0 Å². The van der Waals surface area contributed by atoms with E-state index in [1.54, 1.807) is 11.0 Å². The van der Waals surface area contributed by atoms with E-state index in [1.165, 1.54) is 4.90 Å². The first-order valence-corrected chi connectivity index (χ1v) is 13.0. The number of para-hydroxylation sites is 1. The van der Waals surface area contributed by atoms with Gasteiger partial charge in [-0.1, -0.05) is 64.1 Å². The smallest absolute Gasteiger partial charge is 0.322 e. The summed E-state index contributed by atoms with van der Waals surface area (Å²) >= 11 is 0. The van der Waals surface area contributed by atoms with E-state index in [2.05, 4.69) is 17.2 Å². The van der Waals surface area contributed by atoms with Gasteiger partial charge in [-0.05, 0) is 41.7 Å². The topological polar surface area (TPSA) is 91.0 Å². The molecule has 4 amide bonds. The summed E-state index contributed by atoms with van der Waals surface area (Å²) < 4.78 is 6.00. The molecule has 2 aromatic rings. The molecule has 0 saturated carbocycles. The van der Waals surface area contributed by atoms with Crippen LogP contribution in [-0.2, 0) is 9.59 Å². The van der Waals surface area contributed by atoms with E-state index in [-0.39, 0.29) is 42.8 Å². The van der Waals surface area contributed by atoms with E-state index in [4.69, 9.17) is 4.74 Å². The first kappa shape index (κ1) is 27.0. The summed E-state index contributed by atoms with van der Waals surface area (Å²) in [6.45, 7) is 12.6. The first-order chi connectivity index (χ1) is 18.2. The van der Waals surface area contributed by atoms with Crippen LogP contribution in [0.15, 0.2) is 78.5 Å². The molecule has 2 aromatic carbocycles. The molecule has 200 valence electrons. The van der Waals surface area contributed by atoms with Crippen LogP contribution >= 0.6 is 0 Å². The Kier molecular flexibility index (Phi) is 8.20. The number of amides is 4. The third kappa shape index (κ3) is 5.59. The summed E-state index contributed by atoms with van der Waals surface area (Å²) in [5.74, 6) is 0.994. The summed E-state index contributed by atoms with van der Waals surface area (Å²) in [6.07, 6.45) is 1.63. The second-order valence-corrected chi connectivity index (χ2v) is 10.4. The molecule has 0 fully saturated rings. The van der Waals surface area contributed by atoms with Crippen LogP contribution < -0.4 is 15.4 Å². The highest BCUT2D eigenvalue weighted by Crippen LogP contribution is 2.39. The van der Waals surface area contributed by atoms with Gasteiger partial charge in [0.25, 0.3) is 5.91 Å². The van der Waals surface area contributed by atoms with Crippen molar-refractivity contribution >= 4 is 17.8 Å². The van der Waals surface area contributed by atoms with E-state index in [0.717, 1.165) is 5.56 Å². The Hall–Kier alpha value is -4.07. The van der Waals surface area contributed by atoms with Gasteiger partial charge in [-0.2, -0.15) is 0 Å². The lowest BCUT2D eigenvalue weighted by Crippen LogP contribution is -2.52. The second-order valence-electron chi connectivity index (χ2n) is 10.4. The lowest BCUT2D eigenvalue weighted by atomic mass is 9.95. The average Bonchev–Trinajstić information content (AvgIpc) is 3.21. The lowest BCUT2D eigenvalue weighted by molar-refractivity contribution is -0.138. The molecule has 8 heteroatoms. The van der Waals surface area contributed by atoms with Gasteiger partial charge in [0.05, 0.1) is 23.9 Å². The minimum absolute atomic E-state index is 0.120. The SMILES string of the molecule is C=CCN1C(=O)N[C@H](c2cccc(Oc3ccccc3)c2)C2=C1CN([C@@H](C(=O)NCC(C)C)C(C)C)C2=O. The Morgan fingerprint density at radius 2 is 1.82 bits per heavy atom. The highest BCUT2D eigenvalue weighted by atomic mass is 16.5. The normalized spacial score (nSPS) is 18.0. The van der Waals surface area contributed by atoms with E-state index in [1.807, 2.05) is 82.3 Å². The summed E-state index contributed by atoms with van der Waals surface area (Å²) in [6, 6.07) is 15.1. The summed E-state index contributed by atoms with van der Waals surface area (Å²) in [7, 11) is 0. The third-order valence-electron chi connectivity index (χ3n) is 6.65. The van der Waals surface area contributed by atoms with Gasteiger partial charge in [-0.3, -0.25) is 14.5 Å². The molecule has 2 heterocycles. The Balaban J connectivity index is 1.69. The molecule has 0 saturated heterocycles. The molecule has 0 bridgehead atoms. The highest BCUT2D eigenvalue weighted by molar-refractivity contribution is 6.03. The molecule has 0 spiro atoms. The Morgan fingerprint density at radius 3 is 2.47 bits per heavy atom. The van der Waals surface area contributed by atoms with Crippen LogP contribution in [0.4, 0.5) is 4.79 Å². The number of nitrogens with one attached hydrogen (secondary N) is 2. The summed E-state index contributed by atoms with van der Waals surface area (Å²) in [5, 5.41) is 5.98. The number of hydrogen-bond donors (Lipinski definition) is 2. The van der Waals surface area contributed by atoms with E-state index in [9.17, 15) is 14.4 Å². The molecular formula is C30H36N4O4. The average molecular weight is 517 g/mol. The molecule has 2 N–H and O–H groups in total. The maximum atomic E-state index is 14.0. The van der Waals surface area contributed by atoms with Gasteiger partial charge in [-0.25, -0.2) is 4.79 Å². The number of benzene rings is 2. The fraction of sp³-hybridized carbons (Fsp3) is 0.367. The number of carbonyl (C=O) groups excluding carboxylic acids is 3. The molecule has 0 aliphatic carbocycles. The minimum Gasteiger partial charge on any atom is -0.457 e. The molecular weight excluding hydrogens is 480 g/mol. The van der Waals surface area contributed by atoms with Crippen molar-refractivity contribution in [3.63, 3.8) is 0 Å². The lowest BCUT2D eigenvalue weighted by Gasteiger charge is -2.33. The molecule has 0 radical (unpaired) electrons.